The maximum absolute atomic E-state index is 12.6. The Morgan fingerprint density at radius 1 is 0.962 bits per heavy atom. The summed E-state index contributed by atoms with van der Waals surface area (Å²) < 4.78 is 0. The van der Waals surface area contributed by atoms with Gasteiger partial charge in [-0.05, 0) is 24.6 Å². The molecule has 0 radical (unpaired) electrons. The number of nitrogens with one attached hydrogen (secondary N) is 1. The quantitative estimate of drug-likeness (QED) is 0.429. The highest BCUT2D eigenvalue weighted by Crippen LogP contribution is 2.44. The summed E-state index contributed by atoms with van der Waals surface area (Å²) in [7, 11) is 0. The van der Waals surface area contributed by atoms with Crippen molar-refractivity contribution in [1.82, 2.24) is 4.90 Å². The fourth-order valence-electron chi connectivity index (χ4n) is 2.61. The van der Waals surface area contributed by atoms with Crippen molar-refractivity contribution < 1.29 is 14.4 Å². The number of halogens is 4. The highest BCUT2D eigenvalue weighted by Gasteiger charge is 2.42. The molecule has 0 saturated carbocycles. The first kappa shape index (κ1) is 19.0. The molecule has 134 valence electrons. The van der Waals surface area contributed by atoms with Crippen molar-refractivity contribution in [2.45, 2.75) is 6.92 Å². The fraction of sp³-hybridized carbons (Fsp3) is 0.118. The Balaban J connectivity index is 1.88. The second-order valence-electron chi connectivity index (χ2n) is 5.62. The minimum atomic E-state index is -0.755. The van der Waals surface area contributed by atoms with E-state index in [1.165, 1.54) is 0 Å². The van der Waals surface area contributed by atoms with E-state index in [0.717, 1.165) is 10.5 Å². The van der Waals surface area contributed by atoms with E-state index in [1.807, 2.05) is 13.0 Å². The lowest BCUT2D eigenvalue weighted by atomic mass is 10.1. The van der Waals surface area contributed by atoms with E-state index in [9.17, 15) is 14.4 Å². The van der Waals surface area contributed by atoms with Crippen molar-refractivity contribution >= 4 is 69.8 Å². The van der Waals surface area contributed by atoms with Crippen LogP contribution in [-0.4, -0.2) is 29.2 Å². The Kier molecular flexibility index (Phi) is 5.17. The summed E-state index contributed by atoms with van der Waals surface area (Å²) in [4.78, 5) is 38.1. The molecule has 0 atom stereocenters. The number of nitrogens with zero attached hydrogens (tertiary/aromatic N) is 1. The first-order chi connectivity index (χ1) is 12.2. The first-order valence-electron chi connectivity index (χ1n) is 7.31. The predicted octanol–water partition coefficient (Wildman–Crippen LogP) is 4.84. The lowest BCUT2D eigenvalue weighted by Gasteiger charge is -2.14. The molecule has 1 aliphatic rings. The first-order valence-corrected chi connectivity index (χ1v) is 8.82. The molecule has 0 aliphatic carbocycles. The Hall–Kier alpha value is -1.79. The molecule has 9 heteroatoms. The molecule has 5 nitrogen and oxygen atoms in total. The maximum Gasteiger partial charge on any atom is 0.263 e. The summed E-state index contributed by atoms with van der Waals surface area (Å²) in [5.74, 6) is -2.06. The molecule has 2 aromatic carbocycles. The van der Waals surface area contributed by atoms with Crippen LogP contribution in [-0.2, 0) is 4.79 Å². The third kappa shape index (κ3) is 3.16. The van der Waals surface area contributed by atoms with Crippen LogP contribution < -0.4 is 5.32 Å². The van der Waals surface area contributed by atoms with Gasteiger partial charge in [0.1, 0.15) is 6.54 Å². The van der Waals surface area contributed by atoms with Crippen LogP contribution in [0.5, 0.6) is 0 Å². The van der Waals surface area contributed by atoms with Gasteiger partial charge in [0.25, 0.3) is 11.8 Å². The minimum absolute atomic E-state index is 0.121. The summed E-state index contributed by atoms with van der Waals surface area (Å²) >= 11 is 24.0. The van der Waals surface area contributed by atoms with Gasteiger partial charge in [0.05, 0.1) is 31.2 Å². The number of benzene rings is 2. The average molecular weight is 432 g/mol. The second kappa shape index (κ2) is 7.08. The summed E-state index contributed by atoms with van der Waals surface area (Å²) in [5.41, 5.74) is 1.19. The zero-order valence-corrected chi connectivity index (χ0v) is 16.2. The van der Waals surface area contributed by atoms with Gasteiger partial charge in [-0.15, -0.1) is 0 Å². The van der Waals surface area contributed by atoms with E-state index in [0.29, 0.717) is 5.69 Å². The number of hydrogen-bond acceptors (Lipinski definition) is 3. The predicted molar refractivity (Wildman–Crippen MR) is 102 cm³/mol. The van der Waals surface area contributed by atoms with E-state index < -0.39 is 24.3 Å². The van der Waals surface area contributed by atoms with Gasteiger partial charge in [-0.3, -0.25) is 19.3 Å². The van der Waals surface area contributed by atoms with E-state index in [1.54, 1.807) is 18.2 Å². The second-order valence-corrected chi connectivity index (χ2v) is 7.13. The Labute approximate surface area is 168 Å². The Morgan fingerprint density at radius 3 is 2.00 bits per heavy atom. The highest BCUT2D eigenvalue weighted by molar-refractivity contribution is 6.55. The van der Waals surface area contributed by atoms with Crippen molar-refractivity contribution in [3.63, 3.8) is 0 Å². The van der Waals surface area contributed by atoms with E-state index in [-0.39, 0.29) is 31.2 Å². The highest BCUT2D eigenvalue weighted by atomic mass is 35.5. The molecule has 2 aromatic rings. The molecule has 0 saturated heterocycles. The van der Waals surface area contributed by atoms with Gasteiger partial charge in [-0.25, -0.2) is 0 Å². The van der Waals surface area contributed by atoms with Crippen molar-refractivity contribution in [3.05, 3.63) is 61.0 Å². The van der Waals surface area contributed by atoms with E-state index >= 15 is 0 Å². The SMILES string of the molecule is Cc1cccc(NC(=O)CN2C(=O)c3c(Cl)c(Cl)c(Cl)c(Cl)c3C2=O)c1. The molecule has 3 rings (SSSR count). The van der Waals surface area contributed by atoms with Crippen LogP contribution in [0.4, 0.5) is 5.69 Å². The van der Waals surface area contributed by atoms with Crippen LogP contribution in [0.2, 0.25) is 20.1 Å². The monoisotopic (exact) mass is 430 g/mol. The summed E-state index contributed by atoms with van der Waals surface area (Å²) in [6.45, 7) is 1.37. The minimum Gasteiger partial charge on any atom is -0.325 e. The molecule has 0 unspecified atom stereocenters. The van der Waals surface area contributed by atoms with Crippen LogP contribution in [0.3, 0.4) is 0 Å². The number of carbonyl (C=O) groups excluding carboxylic acids is 3. The van der Waals surface area contributed by atoms with E-state index in [4.69, 9.17) is 46.4 Å². The third-order valence-corrected chi connectivity index (χ3v) is 5.59. The lowest BCUT2D eigenvalue weighted by Crippen LogP contribution is -2.37. The molecule has 0 fully saturated rings. The topological polar surface area (TPSA) is 66.5 Å². The summed E-state index contributed by atoms with van der Waals surface area (Å²) in [6.07, 6.45) is 0. The number of hydrogen-bond donors (Lipinski definition) is 1. The van der Waals surface area contributed by atoms with Crippen LogP contribution in [0.1, 0.15) is 26.3 Å². The largest absolute Gasteiger partial charge is 0.325 e. The third-order valence-electron chi connectivity index (χ3n) is 3.79. The van der Waals surface area contributed by atoms with Crippen LogP contribution in [0, 0.1) is 6.92 Å². The van der Waals surface area contributed by atoms with Gasteiger partial charge < -0.3 is 5.32 Å². The van der Waals surface area contributed by atoms with E-state index in [2.05, 4.69) is 5.32 Å². The molecule has 26 heavy (non-hydrogen) atoms. The normalized spacial score (nSPS) is 13.2. The smallest absolute Gasteiger partial charge is 0.263 e. The number of imide groups is 1. The Bertz CT molecular complexity index is 928. The molecule has 1 N–H and O–H groups in total. The standard InChI is InChI=1S/C17H10Cl4N2O3/c1-7-3-2-4-8(5-7)22-9(24)6-23-16(25)10-11(17(23)26)13(19)15(21)14(20)12(10)18/h2-5H,6H2,1H3,(H,22,24). The van der Waals surface area contributed by atoms with Crippen LogP contribution in [0.15, 0.2) is 24.3 Å². The maximum atomic E-state index is 12.6. The van der Waals surface area contributed by atoms with Crippen molar-refractivity contribution in [2.24, 2.45) is 0 Å². The van der Waals surface area contributed by atoms with Gasteiger partial charge in [0, 0.05) is 5.69 Å². The Morgan fingerprint density at radius 2 is 1.50 bits per heavy atom. The van der Waals surface area contributed by atoms with Gasteiger partial charge in [0.2, 0.25) is 5.91 Å². The summed E-state index contributed by atoms with van der Waals surface area (Å²) in [6, 6.07) is 7.10. The van der Waals surface area contributed by atoms with Gasteiger partial charge in [0.15, 0.2) is 0 Å². The molecule has 0 aromatic heterocycles. The molecule has 0 bridgehead atoms. The van der Waals surface area contributed by atoms with Gasteiger partial charge in [-0.1, -0.05) is 58.5 Å². The molecule has 1 heterocycles. The number of rotatable bonds is 3. The number of amides is 3. The summed E-state index contributed by atoms with van der Waals surface area (Å²) in [5, 5.41) is 2.04. The molecular formula is C17H10Cl4N2O3. The number of aryl methyl sites for hydroxylation is 1. The number of carbonyl (C=O) groups is 3. The number of fused-ring (bicyclic) bond motifs is 1. The molecule has 0 spiro atoms. The zero-order valence-electron chi connectivity index (χ0n) is 13.2. The average Bonchev–Trinajstić information content (AvgIpc) is 2.83. The molecular weight excluding hydrogens is 422 g/mol. The fourth-order valence-corrected chi connectivity index (χ4v) is 3.62. The van der Waals surface area contributed by atoms with Crippen molar-refractivity contribution in [3.8, 4) is 0 Å². The van der Waals surface area contributed by atoms with Crippen molar-refractivity contribution in [1.29, 1.82) is 0 Å². The lowest BCUT2D eigenvalue weighted by molar-refractivity contribution is -0.116. The number of anilines is 1. The van der Waals surface area contributed by atoms with Crippen molar-refractivity contribution in [2.75, 3.05) is 11.9 Å². The van der Waals surface area contributed by atoms with Gasteiger partial charge >= 0.3 is 0 Å². The zero-order chi connectivity index (χ0) is 19.2. The van der Waals surface area contributed by atoms with Crippen LogP contribution in [0.25, 0.3) is 0 Å². The van der Waals surface area contributed by atoms with Gasteiger partial charge in [-0.2, -0.15) is 0 Å². The molecule has 1 aliphatic heterocycles. The van der Waals surface area contributed by atoms with Crippen LogP contribution >= 0.6 is 46.4 Å². The molecule has 3 amide bonds.